The van der Waals surface area contributed by atoms with Crippen LogP contribution >= 0.6 is 34.8 Å². The van der Waals surface area contributed by atoms with E-state index in [4.69, 9.17) is 39.5 Å². The monoisotopic (exact) mass is 715 g/mol. The Labute approximate surface area is 291 Å². The molecule has 0 saturated heterocycles. The summed E-state index contributed by atoms with van der Waals surface area (Å²) in [7, 11) is -2.85. The summed E-state index contributed by atoms with van der Waals surface area (Å²) in [6.45, 7) is 3.43. The number of benzene rings is 4. The SMILES string of the molecule is CCCNC(=O)C(Cc1ccccc1)N(Cc1ccc(Cl)cc1Cl)C(=O)CN(c1ccc(OC)c(Cl)c1)S(=O)(=O)c1ccc(C)cc1. The highest BCUT2D eigenvalue weighted by atomic mass is 35.5. The number of ether oxygens (including phenoxy) is 1. The molecular formula is C35H36Cl3N3O5S. The molecule has 0 bridgehead atoms. The first-order chi connectivity index (χ1) is 22.4. The number of carbonyl (C=O) groups is 2. The second-order valence-electron chi connectivity index (χ2n) is 10.9. The van der Waals surface area contributed by atoms with Crippen molar-refractivity contribution in [2.45, 2.75) is 44.2 Å². The van der Waals surface area contributed by atoms with Gasteiger partial charge in [-0.25, -0.2) is 8.42 Å². The van der Waals surface area contributed by atoms with E-state index in [1.165, 1.54) is 42.3 Å². The first-order valence-corrected chi connectivity index (χ1v) is 17.5. The van der Waals surface area contributed by atoms with Gasteiger partial charge < -0.3 is 15.0 Å². The Balaban J connectivity index is 1.84. The summed E-state index contributed by atoms with van der Waals surface area (Å²) in [5, 5.41) is 3.78. The van der Waals surface area contributed by atoms with Crippen LogP contribution in [0.3, 0.4) is 0 Å². The zero-order valence-electron chi connectivity index (χ0n) is 26.3. The number of nitrogens with one attached hydrogen (secondary N) is 1. The smallest absolute Gasteiger partial charge is 0.264 e. The molecule has 1 unspecified atom stereocenters. The summed E-state index contributed by atoms with van der Waals surface area (Å²) >= 11 is 19.2. The van der Waals surface area contributed by atoms with E-state index < -0.39 is 28.5 Å². The van der Waals surface area contributed by atoms with Gasteiger partial charge in [-0.2, -0.15) is 0 Å². The molecular weight excluding hydrogens is 681 g/mol. The normalized spacial score (nSPS) is 11.9. The molecule has 1 N–H and O–H groups in total. The van der Waals surface area contributed by atoms with Crippen molar-refractivity contribution in [2.75, 3.05) is 24.5 Å². The minimum absolute atomic E-state index is 0.0170. The summed E-state index contributed by atoms with van der Waals surface area (Å²) in [4.78, 5) is 29.7. The Bertz CT molecular complexity index is 1810. The zero-order chi connectivity index (χ0) is 34.1. The van der Waals surface area contributed by atoms with Crippen molar-refractivity contribution < 1.29 is 22.7 Å². The Morgan fingerprint density at radius 1 is 0.894 bits per heavy atom. The number of nitrogens with zero attached hydrogens (tertiary/aromatic N) is 2. The van der Waals surface area contributed by atoms with Crippen LogP contribution in [0.2, 0.25) is 15.1 Å². The van der Waals surface area contributed by atoms with Crippen molar-refractivity contribution in [3.8, 4) is 5.75 Å². The van der Waals surface area contributed by atoms with Gasteiger partial charge in [0.15, 0.2) is 0 Å². The molecule has 4 rings (SSSR count). The van der Waals surface area contributed by atoms with Crippen LogP contribution in [0.5, 0.6) is 5.75 Å². The molecule has 0 spiro atoms. The fraction of sp³-hybridized carbons (Fsp3) is 0.257. The third-order valence-electron chi connectivity index (χ3n) is 7.49. The maximum absolute atomic E-state index is 14.6. The van der Waals surface area contributed by atoms with Crippen LogP contribution in [-0.4, -0.2) is 51.4 Å². The maximum Gasteiger partial charge on any atom is 0.264 e. The Hall–Kier alpha value is -3.76. The molecule has 0 saturated carbocycles. The van der Waals surface area contributed by atoms with Crippen molar-refractivity contribution in [3.63, 3.8) is 0 Å². The molecule has 0 radical (unpaired) electrons. The van der Waals surface area contributed by atoms with Gasteiger partial charge in [-0.15, -0.1) is 0 Å². The van der Waals surface area contributed by atoms with Crippen LogP contribution in [0.25, 0.3) is 0 Å². The summed E-state index contributed by atoms with van der Waals surface area (Å²) in [5.74, 6) is -0.676. The van der Waals surface area contributed by atoms with Gasteiger partial charge in [-0.3, -0.25) is 13.9 Å². The minimum Gasteiger partial charge on any atom is -0.495 e. The van der Waals surface area contributed by atoms with E-state index in [2.05, 4.69) is 5.32 Å². The number of sulfonamides is 1. The molecule has 0 aliphatic heterocycles. The quantitative estimate of drug-likeness (QED) is 0.148. The molecule has 47 heavy (non-hydrogen) atoms. The van der Waals surface area contributed by atoms with E-state index in [1.807, 2.05) is 44.2 Å². The van der Waals surface area contributed by atoms with Crippen LogP contribution < -0.4 is 14.4 Å². The predicted octanol–water partition coefficient (Wildman–Crippen LogP) is 7.33. The van der Waals surface area contributed by atoms with Gasteiger partial charge in [0, 0.05) is 29.6 Å². The second kappa shape index (κ2) is 16.4. The minimum atomic E-state index is -4.30. The second-order valence-corrected chi connectivity index (χ2v) is 14.0. The number of hydrogen-bond acceptors (Lipinski definition) is 5. The van der Waals surface area contributed by atoms with Crippen molar-refractivity contribution in [3.05, 3.63) is 123 Å². The largest absolute Gasteiger partial charge is 0.495 e. The van der Waals surface area contributed by atoms with Crippen LogP contribution in [0, 0.1) is 6.92 Å². The third kappa shape index (κ3) is 9.20. The van der Waals surface area contributed by atoms with E-state index in [0.29, 0.717) is 34.3 Å². The van der Waals surface area contributed by atoms with Gasteiger partial charge in [-0.1, -0.05) is 95.8 Å². The molecule has 8 nitrogen and oxygen atoms in total. The highest BCUT2D eigenvalue weighted by Crippen LogP contribution is 2.33. The number of carbonyl (C=O) groups excluding carboxylic acids is 2. The van der Waals surface area contributed by atoms with Crippen molar-refractivity contribution in [2.24, 2.45) is 0 Å². The number of rotatable bonds is 14. The van der Waals surface area contributed by atoms with Gasteiger partial charge in [0.1, 0.15) is 18.3 Å². The number of halogens is 3. The van der Waals surface area contributed by atoms with E-state index in [9.17, 15) is 18.0 Å². The highest BCUT2D eigenvalue weighted by molar-refractivity contribution is 7.92. The lowest BCUT2D eigenvalue weighted by Gasteiger charge is -2.34. The first-order valence-electron chi connectivity index (χ1n) is 14.9. The lowest BCUT2D eigenvalue weighted by Crippen LogP contribution is -2.53. The Morgan fingerprint density at radius 2 is 1.60 bits per heavy atom. The van der Waals surface area contributed by atoms with Gasteiger partial charge in [0.05, 0.1) is 22.7 Å². The van der Waals surface area contributed by atoms with Gasteiger partial charge in [0.25, 0.3) is 10.0 Å². The summed E-state index contributed by atoms with van der Waals surface area (Å²) < 4.78 is 34.7. The average molecular weight is 717 g/mol. The van der Waals surface area contributed by atoms with E-state index in [0.717, 1.165) is 15.4 Å². The van der Waals surface area contributed by atoms with Crippen LogP contribution in [0.1, 0.15) is 30.0 Å². The summed E-state index contributed by atoms with van der Waals surface area (Å²) in [6.07, 6.45) is 0.855. The summed E-state index contributed by atoms with van der Waals surface area (Å²) in [5.41, 5.74) is 2.36. The molecule has 0 aliphatic rings. The Morgan fingerprint density at radius 3 is 2.21 bits per heavy atom. The first kappa shape index (κ1) is 36.1. The van der Waals surface area contributed by atoms with Gasteiger partial charge in [-0.05, 0) is 66.9 Å². The third-order valence-corrected chi connectivity index (χ3v) is 10.2. The molecule has 4 aromatic rings. The van der Waals surface area contributed by atoms with Crippen molar-refractivity contribution in [1.82, 2.24) is 10.2 Å². The number of anilines is 1. The lowest BCUT2D eigenvalue weighted by molar-refractivity contribution is -0.140. The van der Waals surface area contributed by atoms with Crippen LogP contribution in [-0.2, 0) is 32.6 Å². The van der Waals surface area contributed by atoms with Crippen molar-refractivity contribution in [1.29, 1.82) is 0 Å². The molecule has 0 aromatic heterocycles. The molecule has 0 heterocycles. The predicted molar refractivity (Wildman–Crippen MR) is 188 cm³/mol. The molecule has 0 fully saturated rings. The average Bonchev–Trinajstić information content (AvgIpc) is 3.05. The van der Waals surface area contributed by atoms with Crippen LogP contribution in [0.4, 0.5) is 5.69 Å². The number of hydrogen-bond donors (Lipinski definition) is 1. The molecule has 1 atom stereocenters. The highest BCUT2D eigenvalue weighted by Gasteiger charge is 2.35. The zero-order valence-corrected chi connectivity index (χ0v) is 29.3. The Kier molecular flexibility index (Phi) is 12.6. The lowest BCUT2D eigenvalue weighted by atomic mass is 10.0. The van der Waals surface area contributed by atoms with Crippen molar-refractivity contribution >= 4 is 62.3 Å². The number of amides is 2. The maximum atomic E-state index is 14.6. The standard InChI is InChI=1S/C35H36Cl3N3O5S/c1-4-18-39-35(43)32(19-25-8-6-5-7-9-25)40(22-26-12-13-27(36)20-30(26)37)34(42)23-41(28-14-17-33(46-3)31(38)21-28)47(44,45)29-15-10-24(2)11-16-29/h5-17,20-21,32H,4,18-19,22-23H2,1-3H3,(H,39,43). The number of methoxy groups -OCH3 is 1. The van der Waals surface area contributed by atoms with Gasteiger partial charge >= 0.3 is 0 Å². The molecule has 12 heteroatoms. The van der Waals surface area contributed by atoms with Crippen LogP contribution in [0.15, 0.2) is 95.9 Å². The fourth-order valence-electron chi connectivity index (χ4n) is 4.93. The van der Waals surface area contributed by atoms with E-state index >= 15 is 0 Å². The molecule has 0 aliphatic carbocycles. The fourth-order valence-corrected chi connectivity index (χ4v) is 7.06. The van der Waals surface area contributed by atoms with E-state index in [-0.39, 0.29) is 34.5 Å². The summed E-state index contributed by atoms with van der Waals surface area (Å²) in [6, 6.07) is 23.9. The topological polar surface area (TPSA) is 96.0 Å². The van der Waals surface area contributed by atoms with E-state index in [1.54, 1.807) is 30.3 Å². The molecule has 2 amide bonds. The molecule has 248 valence electrons. The number of aryl methyl sites for hydroxylation is 1. The molecule has 4 aromatic carbocycles. The van der Waals surface area contributed by atoms with Gasteiger partial charge in [0.2, 0.25) is 11.8 Å².